The highest BCUT2D eigenvalue weighted by atomic mass is 35.5. The molecule has 0 aliphatic rings. The lowest BCUT2D eigenvalue weighted by atomic mass is 10.0. The van der Waals surface area contributed by atoms with Gasteiger partial charge in [0.15, 0.2) is 0 Å². The Morgan fingerprint density at radius 2 is 1.76 bits per heavy atom. The molecule has 0 saturated heterocycles. The van der Waals surface area contributed by atoms with Gasteiger partial charge in [-0.15, -0.1) is 13.2 Å². The number of halogens is 5. The molecule has 21 heavy (non-hydrogen) atoms. The number of hydrogen-bond acceptors (Lipinski definition) is 2. The molecule has 2 nitrogen and oxygen atoms in total. The van der Waals surface area contributed by atoms with E-state index in [-0.39, 0.29) is 16.1 Å². The van der Waals surface area contributed by atoms with Gasteiger partial charge in [0.05, 0.1) is 5.02 Å². The first kappa shape index (κ1) is 15.6. The van der Waals surface area contributed by atoms with Crippen LogP contribution in [0, 0.1) is 5.82 Å². The molecular formula is C14H9ClF4O2. The first-order chi connectivity index (χ1) is 9.78. The molecule has 2 aromatic carbocycles. The first-order valence-electron chi connectivity index (χ1n) is 5.75. The normalized spacial score (nSPS) is 13.0. The molecular weight excluding hydrogens is 312 g/mol. The molecule has 0 bridgehead atoms. The number of aliphatic hydroxyl groups is 1. The van der Waals surface area contributed by atoms with Crippen LogP contribution in [0.15, 0.2) is 42.5 Å². The Morgan fingerprint density at radius 1 is 1.10 bits per heavy atom. The van der Waals surface area contributed by atoms with E-state index < -0.39 is 24.0 Å². The third-order valence-corrected chi connectivity index (χ3v) is 2.99. The average Bonchev–Trinajstić information content (AvgIpc) is 2.40. The number of aliphatic hydroxyl groups excluding tert-OH is 1. The van der Waals surface area contributed by atoms with Crippen LogP contribution >= 0.6 is 11.6 Å². The van der Waals surface area contributed by atoms with Gasteiger partial charge in [-0.05, 0) is 23.8 Å². The molecule has 0 aliphatic heterocycles. The minimum Gasteiger partial charge on any atom is -0.405 e. The number of para-hydroxylation sites is 1. The van der Waals surface area contributed by atoms with E-state index in [9.17, 15) is 22.7 Å². The molecule has 0 amide bonds. The van der Waals surface area contributed by atoms with Gasteiger partial charge in [-0.3, -0.25) is 0 Å². The molecule has 112 valence electrons. The van der Waals surface area contributed by atoms with Crippen LogP contribution in [0.25, 0.3) is 0 Å². The Hall–Kier alpha value is -1.79. The van der Waals surface area contributed by atoms with Gasteiger partial charge in [-0.25, -0.2) is 4.39 Å². The lowest BCUT2D eigenvalue weighted by molar-refractivity contribution is -0.275. The van der Waals surface area contributed by atoms with Crippen LogP contribution in [-0.4, -0.2) is 11.5 Å². The van der Waals surface area contributed by atoms with E-state index in [0.717, 1.165) is 18.2 Å². The quantitative estimate of drug-likeness (QED) is 0.846. The van der Waals surface area contributed by atoms with Crippen molar-refractivity contribution in [3.63, 3.8) is 0 Å². The number of hydrogen-bond donors (Lipinski definition) is 1. The van der Waals surface area contributed by atoms with E-state index in [4.69, 9.17) is 11.6 Å². The SMILES string of the molecule is OC(c1ccc(F)c(Cl)c1)c1ccccc1OC(F)(F)F. The fourth-order valence-electron chi connectivity index (χ4n) is 1.79. The zero-order chi connectivity index (χ0) is 15.6. The highest BCUT2D eigenvalue weighted by Crippen LogP contribution is 2.34. The number of ether oxygens (including phenoxy) is 1. The first-order valence-corrected chi connectivity index (χ1v) is 6.13. The Morgan fingerprint density at radius 3 is 2.38 bits per heavy atom. The predicted octanol–water partition coefficient (Wildman–Crippen LogP) is 4.46. The highest BCUT2D eigenvalue weighted by molar-refractivity contribution is 6.30. The maximum absolute atomic E-state index is 13.1. The van der Waals surface area contributed by atoms with Gasteiger partial charge in [0.25, 0.3) is 0 Å². The number of rotatable bonds is 3. The zero-order valence-corrected chi connectivity index (χ0v) is 11.1. The summed E-state index contributed by atoms with van der Waals surface area (Å²) in [4.78, 5) is 0. The maximum Gasteiger partial charge on any atom is 0.573 e. The van der Waals surface area contributed by atoms with Crippen LogP contribution in [0.1, 0.15) is 17.2 Å². The molecule has 0 heterocycles. The second kappa shape index (κ2) is 5.91. The largest absolute Gasteiger partial charge is 0.573 e. The lowest BCUT2D eigenvalue weighted by Crippen LogP contribution is -2.18. The van der Waals surface area contributed by atoms with Crippen molar-refractivity contribution in [2.24, 2.45) is 0 Å². The molecule has 2 rings (SSSR count). The summed E-state index contributed by atoms with van der Waals surface area (Å²) in [6.45, 7) is 0. The molecule has 0 radical (unpaired) electrons. The highest BCUT2D eigenvalue weighted by Gasteiger charge is 2.33. The molecule has 0 spiro atoms. The van der Waals surface area contributed by atoms with Crippen LogP contribution in [0.3, 0.4) is 0 Å². The Balaban J connectivity index is 2.38. The van der Waals surface area contributed by atoms with Crippen molar-refractivity contribution in [2.75, 3.05) is 0 Å². The Bertz CT molecular complexity index is 643. The third-order valence-electron chi connectivity index (χ3n) is 2.70. The monoisotopic (exact) mass is 320 g/mol. The zero-order valence-electron chi connectivity index (χ0n) is 10.4. The summed E-state index contributed by atoms with van der Waals surface area (Å²) in [6.07, 6.45) is -6.31. The molecule has 7 heteroatoms. The topological polar surface area (TPSA) is 29.5 Å². The molecule has 0 aromatic heterocycles. The number of alkyl halides is 3. The molecule has 2 aromatic rings. The van der Waals surface area contributed by atoms with Crippen LogP contribution < -0.4 is 4.74 Å². The van der Waals surface area contributed by atoms with E-state index in [2.05, 4.69) is 4.74 Å². The molecule has 0 saturated carbocycles. The van der Waals surface area contributed by atoms with Gasteiger partial charge in [0.1, 0.15) is 17.7 Å². The second-order valence-electron chi connectivity index (χ2n) is 4.16. The summed E-state index contributed by atoms with van der Waals surface area (Å²) < 4.78 is 53.9. The van der Waals surface area contributed by atoms with Crippen molar-refractivity contribution in [3.8, 4) is 5.75 Å². The lowest BCUT2D eigenvalue weighted by Gasteiger charge is -2.17. The van der Waals surface area contributed by atoms with Gasteiger partial charge in [0, 0.05) is 5.56 Å². The fourth-order valence-corrected chi connectivity index (χ4v) is 1.98. The molecule has 1 N–H and O–H groups in total. The van der Waals surface area contributed by atoms with E-state index in [1.54, 1.807) is 0 Å². The maximum atomic E-state index is 13.1. The van der Waals surface area contributed by atoms with E-state index in [1.807, 2.05) is 0 Å². The predicted molar refractivity (Wildman–Crippen MR) is 68.6 cm³/mol. The summed E-state index contributed by atoms with van der Waals surface area (Å²) >= 11 is 5.59. The van der Waals surface area contributed by atoms with Crippen molar-refractivity contribution in [1.82, 2.24) is 0 Å². The summed E-state index contributed by atoms with van der Waals surface area (Å²) in [5, 5.41) is 9.92. The van der Waals surface area contributed by atoms with Crippen molar-refractivity contribution in [3.05, 3.63) is 64.4 Å². The second-order valence-corrected chi connectivity index (χ2v) is 4.57. The van der Waals surface area contributed by atoms with Gasteiger partial charge in [-0.2, -0.15) is 0 Å². The Kier molecular flexibility index (Phi) is 4.39. The van der Waals surface area contributed by atoms with Gasteiger partial charge in [0.2, 0.25) is 0 Å². The van der Waals surface area contributed by atoms with Crippen molar-refractivity contribution >= 4 is 11.6 Å². The summed E-state index contributed by atoms with van der Waals surface area (Å²) in [7, 11) is 0. The smallest absolute Gasteiger partial charge is 0.405 e. The van der Waals surface area contributed by atoms with Crippen molar-refractivity contribution in [1.29, 1.82) is 0 Å². The number of benzene rings is 2. The standard InChI is InChI=1S/C14H9ClF4O2/c15-10-7-8(5-6-11(10)16)13(20)9-3-1-2-4-12(9)21-14(17,18)19/h1-7,13,20H. The van der Waals surface area contributed by atoms with E-state index >= 15 is 0 Å². The molecule has 0 aliphatic carbocycles. The minimum atomic E-state index is -4.88. The molecule has 1 unspecified atom stereocenters. The van der Waals surface area contributed by atoms with E-state index in [1.165, 1.54) is 24.3 Å². The summed E-state index contributed by atoms with van der Waals surface area (Å²) in [5.74, 6) is -1.22. The van der Waals surface area contributed by atoms with Crippen LogP contribution in [0.5, 0.6) is 5.75 Å². The van der Waals surface area contributed by atoms with Gasteiger partial charge in [-0.1, -0.05) is 35.9 Å². The third kappa shape index (κ3) is 3.86. The van der Waals surface area contributed by atoms with Crippen molar-refractivity contribution in [2.45, 2.75) is 12.5 Å². The molecule has 0 fully saturated rings. The fraction of sp³-hybridized carbons (Fsp3) is 0.143. The minimum absolute atomic E-state index is 0.0995. The van der Waals surface area contributed by atoms with Crippen molar-refractivity contribution < 1.29 is 27.4 Å². The van der Waals surface area contributed by atoms with Crippen LogP contribution in [-0.2, 0) is 0 Å². The van der Waals surface area contributed by atoms with Crippen LogP contribution in [0.4, 0.5) is 17.6 Å². The summed E-state index contributed by atoms with van der Waals surface area (Å²) in [5.41, 5.74) is 0.0529. The molecule has 1 atom stereocenters. The summed E-state index contributed by atoms with van der Waals surface area (Å²) in [6, 6.07) is 8.55. The average molecular weight is 321 g/mol. The van der Waals surface area contributed by atoms with E-state index in [0.29, 0.717) is 0 Å². The van der Waals surface area contributed by atoms with Gasteiger partial charge >= 0.3 is 6.36 Å². The van der Waals surface area contributed by atoms with Gasteiger partial charge < -0.3 is 9.84 Å². The van der Waals surface area contributed by atoms with Crippen LogP contribution in [0.2, 0.25) is 5.02 Å². The Labute approximate surface area is 122 Å².